The van der Waals surface area contributed by atoms with Gasteiger partial charge in [-0.3, -0.25) is 0 Å². The number of carboxylic acids is 1. The van der Waals surface area contributed by atoms with Crippen molar-refractivity contribution in [2.75, 3.05) is 0 Å². The smallest absolute Gasteiger partial charge is 0.337 e. The summed E-state index contributed by atoms with van der Waals surface area (Å²) in [6.45, 7) is 4.09. The molecule has 1 aliphatic carbocycles. The molecular formula is C13H14N2O2. The van der Waals surface area contributed by atoms with Crippen molar-refractivity contribution >= 4 is 17.0 Å². The average molecular weight is 230 g/mol. The highest BCUT2D eigenvalue weighted by Gasteiger charge is 2.41. The predicted octanol–water partition coefficient (Wildman–Crippen LogP) is 2.55. The maximum atomic E-state index is 11.3. The van der Waals surface area contributed by atoms with E-state index in [4.69, 9.17) is 0 Å². The summed E-state index contributed by atoms with van der Waals surface area (Å²) in [6, 6.07) is 5.27. The van der Waals surface area contributed by atoms with Gasteiger partial charge in [0.25, 0.3) is 0 Å². The quantitative estimate of drug-likeness (QED) is 0.862. The van der Waals surface area contributed by atoms with Gasteiger partial charge in [-0.1, -0.05) is 6.07 Å². The molecule has 1 heterocycles. The number of aromatic nitrogens is 2. The molecule has 1 aromatic heterocycles. The molecule has 17 heavy (non-hydrogen) atoms. The second kappa shape index (κ2) is 3.09. The Labute approximate surface area is 98.9 Å². The highest BCUT2D eigenvalue weighted by atomic mass is 16.4. The first-order valence-corrected chi connectivity index (χ1v) is 5.75. The van der Waals surface area contributed by atoms with Crippen molar-refractivity contribution in [2.24, 2.45) is 0 Å². The fraction of sp³-hybridized carbons (Fsp3) is 0.385. The van der Waals surface area contributed by atoms with Crippen LogP contribution < -0.4 is 0 Å². The minimum atomic E-state index is -0.888. The molecule has 1 N–H and O–H groups in total. The van der Waals surface area contributed by atoms with Crippen LogP contribution in [0.15, 0.2) is 18.2 Å². The van der Waals surface area contributed by atoms with Gasteiger partial charge in [-0.05, 0) is 38.8 Å². The van der Waals surface area contributed by atoms with Crippen molar-refractivity contribution in [3.63, 3.8) is 0 Å². The van der Waals surface area contributed by atoms with Gasteiger partial charge < -0.3 is 9.67 Å². The predicted molar refractivity (Wildman–Crippen MR) is 64.3 cm³/mol. The van der Waals surface area contributed by atoms with Crippen LogP contribution in [0.5, 0.6) is 0 Å². The molecule has 2 aromatic rings. The normalized spacial score (nSPS) is 17.3. The molecule has 0 spiro atoms. The van der Waals surface area contributed by atoms with Gasteiger partial charge in [-0.2, -0.15) is 0 Å². The van der Waals surface area contributed by atoms with Crippen LogP contribution in [0.25, 0.3) is 11.0 Å². The summed E-state index contributed by atoms with van der Waals surface area (Å²) in [5, 5.41) is 9.26. The number of fused-ring (bicyclic) bond motifs is 1. The standard InChI is InChI=1S/C13H14N2O2/c1-8-14-10-5-3-4-9(12(16)17)11(10)15(8)13(2)6-7-13/h3-5H,6-7H2,1-2H3,(H,16,17). The van der Waals surface area contributed by atoms with E-state index in [-0.39, 0.29) is 5.54 Å². The summed E-state index contributed by atoms with van der Waals surface area (Å²) < 4.78 is 2.09. The lowest BCUT2D eigenvalue weighted by Crippen LogP contribution is -2.15. The number of imidazole rings is 1. The van der Waals surface area contributed by atoms with Gasteiger partial charge >= 0.3 is 5.97 Å². The molecule has 4 nitrogen and oxygen atoms in total. The number of carboxylic acid groups (broad SMARTS) is 1. The molecule has 0 unspecified atom stereocenters. The number of nitrogens with zero attached hydrogens (tertiary/aromatic N) is 2. The monoisotopic (exact) mass is 230 g/mol. The summed E-state index contributed by atoms with van der Waals surface area (Å²) in [7, 11) is 0. The van der Waals surface area contributed by atoms with Crippen LogP contribution >= 0.6 is 0 Å². The molecule has 88 valence electrons. The van der Waals surface area contributed by atoms with E-state index in [2.05, 4.69) is 16.5 Å². The molecule has 0 amide bonds. The van der Waals surface area contributed by atoms with Crippen LogP contribution in [0, 0.1) is 6.92 Å². The summed E-state index contributed by atoms with van der Waals surface area (Å²) in [4.78, 5) is 15.7. The van der Waals surface area contributed by atoms with Gasteiger partial charge in [0.15, 0.2) is 0 Å². The number of aryl methyl sites for hydroxylation is 1. The lowest BCUT2D eigenvalue weighted by atomic mass is 10.1. The van der Waals surface area contributed by atoms with Crippen LogP contribution in [0.1, 0.15) is 35.9 Å². The van der Waals surface area contributed by atoms with Crippen molar-refractivity contribution in [1.29, 1.82) is 0 Å². The molecule has 1 aromatic carbocycles. The van der Waals surface area contributed by atoms with Crippen LogP contribution in [0.2, 0.25) is 0 Å². The lowest BCUT2D eigenvalue weighted by molar-refractivity contribution is 0.0698. The Bertz CT molecular complexity index is 624. The van der Waals surface area contributed by atoms with Gasteiger partial charge in [0, 0.05) is 5.54 Å². The number of benzene rings is 1. The molecule has 0 aliphatic heterocycles. The summed E-state index contributed by atoms with van der Waals surface area (Å²) in [6.07, 6.45) is 2.18. The molecule has 1 fully saturated rings. The Morgan fingerprint density at radius 3 is 2.76 bits per heavy atom. The molecule has 3 rings (SSSR count). The number of aromatic carboxylic acids is 1. The van der Waals surface area contributed by atoms with Gasteiger partial charge in [0.2, 0.25) is 0 Å². The van der Waals surface area contributed by atoms with Gasteiger partial charge in [-0.15, -0.1) is 0 Å². The van der Waals surface area contributed by atoms with Crippen molar-refractivity contribution in [3.8, 4) is 0 Å². The first-order chi connectivity index (χ1) is 8.03. The molecule has 0 saturated heterocycles. The van der Waals surface area contributed by atoms with E-state index in [1.54, 1.807) is 12.1 Å². The Morgan fingerprint density at radius 1 is 1.47 bits per heavy atom. The van der Waals surface area contributed by atoms with E-state index in [0.29, 0.717) is 5.56 Å². The Morgan fingerprint density at radius 2 is 2.18 bits per heavy atom. The zero-order valence-corrected chi connectivity index (χ0v) is 9.90. The zero-order valence-electron chi connectivity index (χ0n) is 9.90. The van der Waals surface area contributed by atoms with E-state index in [1.165, 1.54) is 0 Å². The highest BCUT2D eigenvalue weighted by molar-refractivity contribution is 6.01. The third kappa shape index (κ3) is 1.37. The van der Waals surface area contributed by atoms with Crippen LogP contribution in [0.4, 0.5) is 0 Å². The molecule has 1 aliphatic rings. The summed E-state index contributed by atoms with van der Waals surface area (Å²) in [5.41, 5.74) is 1.94. The second-order valence-corrected chi connectivity index (χ2v) is 4.97. The SMILES string of the molecule is Cc1nc2cccc(C(=O)O)c2n1C1(C)CC1. The topological polar surface area (TPSA) is 55.1 Å². The maximum Gasteiger partial charge on any atom is 0.337 e. The summed E-state index contributed by atoms with van der Waals surface area (Å²) >= 11 is 0. The third-order valence-electron chi connectivity index (χ3n) is 3.59. The zero-order chi connectivity index (χ0) is 12.2. The van der Waals surface area contributed by atoms with Crippen LogP contribution in [0.3, 0.4) is 0 Å². The van der Waals surface area contributed by atoms with Gasteiger partial charge in [0.1, 0.15) is 5.82 Å². The molecule has 1 saturated carbocycles. The van der Waals surface area contributed by atoms with E-state index in [1.807, 2.05) is 13.0 Å². The average Bonchev–Trinajstić information content (AvgIpc) is 2.90. The number of para-hydroxylation sites is 1. The number of rotatable bonds is 2. The molecule has 0 radical (unpaired) electrons. The first-order valence-electron chi connectivity index (χ1n) is 5.75. The van der Waals surface area contributed by atoms with Gasteiger partial charge in [0.05, 0.1) is 16.6 Å². The molecule has 4 heteroatoms. The van der Waals surface area contributed by atoms with Crippen LogP contribution in [-0.4, -0.2) is 20.6 Å². The summed E-state index contributed by atoms with van der Waals surface area (Å²) in [5.74, 6) is 0.00898. The van der Waals surface area contributed by atoms with Crippen molar-refractivity contribution < 1.29 is 9.90 Å². The molecule has 0 bridgehead atoms. The largest absolute Gasteiger partial charge is 0.478 e. The van der Waals surface area contributed by atoms with E-state index >= 15 is 0 Å². The van der Waals surface area contributed by atoms with Crippen LogP contribution in [-0.2, 0) is 5.54 Å². The maximum absolute atomic E-state index is 11.3. The van der Waals surface area contributed by atoms with Crippen molar-refractivity contribution in [1.82, 2.24) is 9.55 Å². The molecule has 0 atom stereocenters. The number of hydrogen-bond acceptors (Lipinski definition) is 2. The first kappa shape index (κ1) is 10.3. The minimum absolute atomic E-state index is 0.0599. The number of hydrogen-bond donors (Lipinski definition) is 1. The highest BCUT2D eigenvalue weighted by Crippen LogP contribution is 2.45. The molecular weight excluding hydrogens is 216 g/mol. The van der Waals surface area contributed by atoms with Crippen molar-refractivity contribution in [3.05, 3.63) is 29.6 Å². The third-order valence-corrected chi connectivity index (χ3v) is 3.59. The fourth-order valence-corrected chi connectivity index (χ4v) is 2.48. The number of carbonyl (C=O) groups is 1. The van der Waals surface area contributed by atoms with Crippen molar-refractivity contribution in [2.45, 2.75) is 32.2 Å². The van der Waals surface area contributed by atoms with E-state index in [9.17, 15) is 9.90 Å². The van der Waals surface area contributed by atoms with E-state index < -0.39 is 5.97 Å². The van der Waals surface area contributed by atoms with E-state index in [0.717, 1.165) is 29.7 Å². The fourth-order valence-electron chi connectivity index (χ4n) is 2.48. The second-order valence-electron chi connectivity index (χ2n) is 4.97. The lowest BCUT2D eigenvalue weighted by Gasteiger charge is -2.15. The Kier molecular flexibility index (Phi) is 1.88. The van der Waals surface area contributed by atoms with Gasteiger partial charge in [-0.25, -0.2) is 9.78 Å². The Hall–Kier alpha value is -1.84. The Balaban J connectivity index is 2.41. The minimum Gasteiger partial charge on any atom is -0.478 e.